The first kappa shape index (κ1) is 16.0. The minimum Gasteiger partial charge on any atom is -0.486 e. The van der Waals surface area contributed by atoms with E-state index in [1.54, 1.807) is 18.2 Å². The van der Waals surface area contributed by atoms with Gasteiger partial charge in [0.15, 0.2) is 11.5 Å². The van der Waals surface area contributed by atoms with Crippen LogP contribution in [0.15, 0.2) is 18.2 Å². The van der Waals surface area contributed by atoms with Gasteiger partial charge in [0, 0.05) is 17.5 Å². The molecule has 0 saturated carbocycles. The normalized spacial score (nSPS) is 15.4. The molecule has 1 amide bonds. The minimum atomic E-state index is -0.114. The third-order valence-electron chi connectivity index (χ3n) is 3.55. The van der Waals surface area contributed by atoms with Crippen LogP contribution in [0.3, 0.4) is 0 Å². The topological polar surface area (TPSA) is 47.6 Å². The molecule has 0 radical (unpaired) electrons. The second-order valence-electron chi connectivity index (χ2n) is 6.23. The van der Waals surface area contributed by atoms with Crippen molar-refractivity contribution in [3.63, 3.8) is 0 Å². The highest BCUT2D eigenvalue weighted by molar-refractivity contribution is 6.17. The molecule has 0 aromatic heterocycles. The number of ether oxygens (including phenoxy) is 2. The van der Waals surface area contributed by atoms with Crippen molar-refractivity contribution in [2.24, 2.45) is 5.41 Å². The van der Waals surface area contributed by atoms with Gasteiger partial charge in [0.1, 0.15) is 13.2 Å². The number of nitrogens with one attached hydrogen (secondary N) is 1. The Morgan fingerprint density at radius 3 is 2.57 bits per heavy atom. The van der Waals surface area contributed by atoms with Gasteiger partial charge in [0.2, 0.25) is 0 Å². The lowest BCUT2D eigenvalue weighted by atomic mass is 9.85. The molecule has 2 rings (SSSR count). The van der Waals surface area contributed by atoms with Crippen LogP contribution in [0, 0.1) is 5.41 Å². The maximum atomic E-state index is 12.4. The summed E-state index contributed by atoms with van der Waals surface area (Å²) in [7, 11) is 0. The molecule has 0 aliphatic carbocycles. The summed E-state index contributed by atoms with van der Waals surface area (Å²) in [5.41, 5.74) is 0.529. The molecule has 1 aliphatic heterocycles. The lowest BCUT2D eigenvalue weighted by Gasteiger charge is -2.31. The van der Waals surface area contributed by atoms with Crippen molar-refractivity contribution in [1.82, 2.24) is 5.32 Å². The van der Waals surface area contributed by atoms with Crippen molar-refractivity contribution < 1.29 is 14.3 Å². The first-order valence-corrected chi connectivity index (χ1v) is 7.72. The Morgan fingerprint density at radius 2 is 1.95 bits per heavy atom. The number of halogens is 1. The summed E-state index contributed by atoms with van der Waals surface area (Å²) in [6, 6.07) is 5.28. The Labute approximate surface area is 130 Å². The van der Waals surface area contributed by atoms with Crippen molar-refractivity contribution in [3.8, 4) is 11.5 Å². The molecule has 1 aromatic rings. The summed E-state index contributed by atoms with van der Waals surface area (Å²) in [6.45, 7) is 7.33. The van der Waals surface area contributed by atoms with Crippen LogP contribution in [-0.4, -0.2) is 31.0 Å². The molecule has 0 bridgehead atoms. The molecule has 1 atom stereocenters. The van der Waals surface area contributed by atoms with Crippen LogP contribution in [-0.2, 0) is 0 Å². The molecular formula is C16H22ClNO3. The smallest absolute Gasteiger partial charge is 0.251 e. The van der Waals surface area contributed by atoms with E-state index < -0.39 is 0 Å². The molecule has 1 aromatic carbocycles. The van der Waals surface area contributed by atoms with Crippen LogP contribution in [0.25, 0.3) is 0 Å². The van der Waals surface area contributed by atoms with Gasteiger partial charge < -0.3 is 14.8 Å². The summed E-state index contributed by atoms with van der Waals surface area (Å²) in [4.78, 5) is 12.4. The van der Waals surface area contributed by atoms with E-state index in [2.05, 4.69) is 26.1 Å². The number of hydrogen-bond donors (Lipinski definition) is 1. The number of fused-ring (bicyclic) bond motifs is 1. The highest BCUT2D eigenvalue weighted by Crippen LogP contribution is 2.31. The highest BCUT2D eigenvalue weighted by Gasteiger charge is 2.26. The van der Waals surface area contributed by atoms with Gasteiger partial charge in [0.05, 0.1) is 0 Å². The van der Waals surface area contributed by atoms with Gasteiger partial charge in [-0.2, -0.15) is 0 Å². The molecule has 116 valence electrons. The summed E-state index contributed by atoms with van der Waals surface area (Å²) >= 11 is 5.84. The molecule has 0 saturated heterocycles. The summed E-state index contributed by atoms with van der Waals surface area (Å²) in [5.74, 6) is 1.71. The number of carbonyl (C=O) groups is 1. The van der Waals surface area contributed by atoms with Crippen molar-refractivity contribution in [3.05, 3.63) is 23.8 Å². The van der Waals surface area contributed by atoms with Crippen LogP contribution < -0.4 is 14.8 Å². The van der Waals surface area contributed by atoms with Crippen molar-refractivity contribution >= 4 is 17.5 Å². The van der Waals surface area contributed by atoms with Gasteiger partial charge in [-0.25, -0.2) is 0 Å². The van der Waals surface area contributed by atoms with Gasteiger partial charge >= 0.3 is 0 Å². The fourth-order valence-corrected chi connectivity index (χ4v) is 2.48. The van der Waals surface area contributed by atoms with Gasteiger partial charge in [0.25, 0.3) is 5.91 Å². The van der Waals surface area contributed by atoms with Crippen LogP contribution in [0.4, 0.5) is 0 Å². The number of carbonyl (C=O) groups excluding carboxylic acids is 1. The molecule has 0 spiro atoms. The maximum Gasteiger partial charge on any atom is 0.251 e. The van der Waals surface area contributed by atoms with E-state index in [1.165, 1.54) is 0 Å². The Kier molecular flexibility index (Phi) is 4.99. The van der Waals surface area contributed by atoms with Crippen molar-refractivity contribution in [2.75, 3.05) is 19.1 Å². The van der Waals surface area contributed by atoms with E-state index >= 15 is 0 Å². The van der Waals surface area contributed by atoms with Gasteiger partial charge in [-0.05, 0) is 30.0 Å². The summed E-state index contributed by atoms with van der Waals surface area (Å²) in [5, 5.41) is 3.06. The zero-order valence-electron chi connectivity index (χ0n) is 12.7. The average molecular weight is 312 g/mol. The Morgan fingerprint density at radius 1 is 1.29 bits per heavy atom. The molecule has 21 heavy (non-hydrogen) atoms. The van der Waals surface area contributed by atoms with Crippen molar-refractivity contribution in [2.45, 2.75) is 33.2 Å². The quantitative estimate of drug-likeness (QED) is 0.868. The van der Waals surface area contributed by atoms with Gasteiger partial charge in [-0.3, -0.25) is 4.79 Å². The molecular weight excluding hydrogens is 290 g/mol. The van der Waals surface area contributed by atoms with E-state index in [0.717, 1.165) is 6.42 Å². The van der Waals surface area contributed by atoms with E-state index in [9.17, 15) is 4.79 Å². The van der Waals surface area contributed by atoms with Crippen LogP contribution >= 0.6 is 11.6 Å². The fraction of sp³-hybridized carbons (Fsp3) is 0.562. The molecule has 4 nitrogen and oxygen atoms in total. The fourth-order valence-electron chi connectivity index (χ4n) is 2.26. The zero-order valence-corrected chi connectivity index (χ0v) is 13.5. The summed E-state index contributed by atoms with van der Waals surface area (Å²) in [6.07, 6.45) is 0.737. The minimum absolute atomic E-state index is 0.0238. The van der Waals surface area contributed by atoms with Crippen LogP contribution in [0.1, 0.15) is 37.6 Å². The molecule has 1 aliphatic rings. The molecule has 1 N–H and O–H groups in total. The number of amides is 1. The number of benzene rings is 1. The molecule has 0 fully saturated rings. The second kappa shape index (κ2) is 6.56. The second-order valence-corrected chi connectivity index (χ2v) is 6.61. The summed E-state index contributed by atoms with van der Waals surface area (Å²) < 4.78 is 11.0. The van der Waals surface area contributed by atoms with Gasteiger partial charge in [-0.15, -0.1) is 11.6 Å². The Balaban J connectivity index is 2.12. The maximum absolute atomic E-state index is 12.4. The predicted molar refractivity (Wildman–Crippen MR) is 83.5 cm³/mol. The monoisotopic (exact) mass is 311 g/mol. The largest absolute Gasteiger partial charge is 0.486 e. The third-order valence-corrected chi connectivity index (χ3v) is 3.77. The molecule has 5 heteroatoms. The SMILES string of the molecule is CC(C)(C)C(CCCl)NC(=O)c1ccc2c(c1)OCCO2. The van der Waals surface area contributed by atoms with E-state index in [1.807, 2.05) is 0 Å². The standard InChI is InChI=1S/C16H22ClNO3/c1-16(2,3)14(6-7-17)18-15(19)11-4-5-12-13(10-11)21-9-8-20-12/h4-5,10,14H,6-9H2,1-3H3,(H,18,19). The van der Waals surface area contributed by atoms with Gasteiger partial charge in [-0.1, -0.05) is 20.8 Å². The molecule has 1 unspecified atom stereocenters. The Bertz CT molecular complexity index is 511. The number of rotatable bonds is 4. The lowest BCUT2D eigenvalue weighted by Crippen LogP contribution is -2.44. The van der Waals surface area contributed by atoms with Crippen LogP contribution in [0.2, 0.25) is 0 Å². The van der Waals surface area contributed by atoms with E-state index in [-0.39, 0.29) is 17.4 Å². The lowest BCUT2D eigenvalue weighted by molar-refractivity contribution is 0.0899. The predicted octanol–water partition coefficient (Wildman–Crippen LogP) is 3.23. The number of alkyl halides is 1. The molecule has 1 heterocycles. The zero-order chi connectivity index (χ0) is 15.5. The highest BCUT2D eigenvalue weighted by atomic mass is 35.5. The number of hydrogen-bond acceptors (Lipinski definition) is 3. The van der Waals surface area contributed by atoms with E-state index in [4.69, 9.17) is 21.1 Å². The average Bonchev–Trinajstić information content (AvgIpc) is 2.45. The van der Waals surface area contributed by atoms with Crippen LogP contribution in [0.5, 0.6) is 11.5 Å². The van der Waals surface area contributed by atoms with Crippen molar-refractivity contribution in [1.29, 1.82) is 0 Å². The Hall–Kier alpha value is -1.42. The first-order chi connectivity index (χ1) is 9.91. The third kappa shape index (κ3) is 4.03. The van der Waals surface area contributed by atoms with E-state index in [0.29, 0.717) is 36.2 Å². The first-order valence-electron chi connectivity index (χ1n) is 7.18.